The molecule has 21 heavy (non-hydrogen) atoms. The summed E-state index contributed by atoms with van der Waals surface area (Å²) in [6.07, 6.45) is 2.00. The topological polar surface area (TPSA) is 12.9 Å². The van der Waals surface area contributed by atoms with Crippen LogP contribution in [0.5, 0.6) is 0 Å². The van der Waals surface area contributed by atoms with Crippen LogP contribution in [0.4, 0.5) is 0 Å². The Morgan fingerprint density at radius 3 is 1.86 bits per heavy atom. The average Bonchev–Trinajstić information content (AvgIpc) is 2.57. The van der Waals surface area contributed by atoms with Crippen LogP contribution in [0.25, 0.3) is 11.3 Å². The highest BCUT2D eigenvalue weighted by atomic mass is 14.7. The Balaban J connectivity index is 1.94. The first kappa shape index (κ1) is 13.6. The number of aromatic nitrogens is 1. The zero-order chi connectivity index (χ0) is 14.7. The average molecular weight is 273 g/mol. The van der Waals surface area contributed by atoms with E-state index in [2.05, 4.69) is 73.4 Å². The van der Waals surface area contributed by atoms with Gasteiger partial charge in [0.1, 0.15) is 0 Å². The number of hydrogen-bond donors (Lipinski definition) is 0. The van der Waals surface area contributed by atoms with Crippen LogP contribution >= 0.6 is 0 Å². The molecule has 0 aliphatic rings. The number of pyridine rings is 1. The van der Waals surface area contributed by atoms with Crippen molar-refractivity contribution in [2.75, 3.05) is 0 Å². The maximum absolute atomic E-state index is 4.64. The van der Waals surface area contributed by atoms with Gasteiger partial charge in [0.05, 0.1) is 5.69 Å². The van der Waals surface area contributed by atoms with Gasteiger partial charge in [0.15, 0.2) is 0 Å². The van der Waals surface area contributed by atoms with E-state index in [-0.39, 0.29) is 5.41 Å². The Morgan fingerprint density at radius 2 is 1.29 bits per heavy atom. The molecule has 0 aliphatic heterocycles. The molecule has 0 saturated heterocycles. The molecule has 104 valence electrons. The molecule has 0 N–H and O–H groups in total. The minimum Gasteiger partial charge on any atom is -0.256 e. The van der Waals surface area contributed by atoms with Crippen LogP contribution in [0.15, 0.2) is 79.0 Å². The quantitative estimate of drug-likeness (QED) is 0.649. The maximum Gasteiger partial charge on any atom is 0.0702 e. The Labute approximate surface area is 126 Å². The molecule has 1 heteroatoms. The van der Waals surface area contributed by atoms with Gasteiger partial charge in [-0.2, -0.15) is 0 Å². The maximum atomic E-state index is 4.64. The molecule has 1 nitrogen and oxygen atoms in total. The third kappa shape index (κ3) is 2.73. The fourth-order valence-corrected chi connectivity index (χ4v) is 2.56. The van der Waals surface area contributed by atoms with Gasteiger partial charge >= 0.3 is 0 Å². The third-order valence-electron chi connectivity index (χ3n) is 4.05. The van der Waals surface area contributed by atoms with Crippen molar-refractivity contribution >= 4 is 0 Å². The molecule has 0 spiro atoms. The summed E-state index contributed by atoms with van der Waals surface area (Å²) in [4.78, 5) is 4.64. The van der Waals surface area contributed by atoms with Crippen LogP contribution in [0, 0.1) is 0 Å². The number of benzene rings is 2. The second kappa shape index (κ2) is 5.53. The van der Waals surface area contributed by atoms with Crippen molar-refractivity contribution in [3.8, 4) is 11.3 Å². The van der Waals surface area contributed by atoms with Crippen LogP contribution in [-0.4, -0.2) is 4.98 Å². The van der Waals surface area contributed by atoms with Crippen LogP contribution in [0.1, 0.15) is 25.0 Å². The molecule has 0 aliphatic carbocycles. The van der Waals surface area contributed by atoms with Crippen molar-refractivity contribution < 1.29 is 0 Å². The summed E-state index contributed by atoms with van der Waals surface area (Å²) in [6, 6.07) is 25.1. The van der Waals surface area contributed by atoms with Gasteiger partial charge in [-0.15, -0.1) is 0 Å². The van der Waals surface area contributed by atoms with Gasteiger partial charge in [0.2, 0.25) is 0 Å². The predicted octanol–water partition coefficient (Wildman–Crippen LogP) is 5.07. The molecule has 0 bridgehead atoms. The molecule has 0 unspecified atom stereocenters. The first-order valence-electron chi connectivity index (χ1n) is 7.25. The highest BCUT2D eigenvalue weighted by Gasteiger charge is 2.23. The molecule has 3 rings (SSSR count). The first-order chi connectivity index (χ1) is 10.2. The van der Waals surface area contributed by atoms with E-state index in [0.29, 0.717) is 0 Å². The van der Waals surface area contributed by atoms with Gasteiger partial charge in [0, 0.05) is 17.2 Å². The van der Waals surface area contributed by atoms with Crippen molar-refractivity contribution in [1.82, 2.24) is 4.98 Å². The Hall–Kier alpha value is -2.41. The first-order valence-corrected chi connectivity index (χ1v) is 7.25. The molecule has 0 fully saturated rings. The fraction of sp³-hybridized carbons (Fsp3) is 0.150. The smallest absolute Gasteiger partial charge is 0.0702 e. The van der Waals surface area contributed by atoms with E-state index in [4.69, 9.17) is 0 Å². The number of hydrogen-bond acceptors (Lipinski definition) is 1. The van der Waals surface area contributed by atoms with Crippen molar-refractivity contribution in [2.24, 2.45) is 0 Å². The van der Waals surface area contributed by atoms with E-state index < -0.39 is 0 Å². The van der Waals surface area contributed by atoms with Crippen LogP contribution < -0.4 is 0 Å². The van der Waals surface area contributed by atoms with Gasteiger partial charge in [-0.1, -0.05) is 80.6 Å². The lowest BCUT2D eigenvalue weighted by atomic mass is 9.79. The van der Waals surface area contributed by atoms with Crippen LogP contribution in [0.3, 0.4) is 0 Å². The van der Waals surface area contributed by atoms with E-state index >= 15 is 0 Å². The van der Waals surface area contributed by atoms with Crippen molar-refractivity contribution in [2.45, 2.75) is 19.3 Å². The van der Waals surface area contributed by atoms with Gasteiger partial charge in [-0.3, -0.25) is 4.98 Å². The molecule has 1 aromatic heterocycles. The summed E-state index contributed by atoms with van der Waals surface area (Å²) < 4.78 is 0. The molecule has 0 radical (unpaired) electrons. The van der Waals surface area contributed by atoms with Crippen molar-refractivity contribution in [1.29, 1.82) is 0 Å². The standard InChI is InChI=1S/C20H19N/c1-20(2,17-11-7-4-8-12-17)18-13-14-19(21-15-18)16-9-5-3-6-10-16/h3-15H,1-2H3. The van der Waals surface area contributed by atoms with Gasteiger partial charge in [-0.05, 0) is 17.2 Å². The minimum atomic E-state index is -0.0382. The molecule has 3 aromatic rings. The summed E-state index contributed by atoms with van der Waals surface area (Å²) >= 11 is 0. The van der Waals surface area contributed by atoms with E-state index in [1.807, 2.05) is 24.4 Å². The largest absolute Gasteiger partial charge is 0.256 e. The lowest BCUT2D eigenvalue weighted by molar-refractivity contribution is 0.638. The van der Waals surface area contributed by atoms with Gasteiger partial charge < -0.3 is 0 Å². The zero-order valence-electron chi connectivity index (χ0n) is 12.5. The SMILES string of the molecule is CC(C)(c1ccccc1)c1ccc(-c2ccccc2)nc1. The predicted molar refractivity (Wildman–Crippen MR) is 88.2 cm³/mol. The van der Waals surface area contributed by atoms with Gasteiger partial charge in [-0.25, -0.2) is 0 Å². The van der Waals surface area contributed by atoms with E-state index in [9.17, 15) is 0 Å². The third-order valence-corrected chi connectivity index (χ3v) is 4.05. The Kier molecular flexibility index (Phi) is 3.57. The minimum absolute atomic E-state index is 0.0382. The van der Waals surface area contributed by atoms with Gasteiger partial charge in [0.25, 0.3) is 0 Å². The monoisotopic (exact) mass is 273 g/mol. The summed E-state index contributed by atoms with van der Waals surface area (Å²) in [5.41, 5.74) is 4.67. The molecule has 2 aromatic carbocycles. The number of nitrogens with zero attached hydrogens (tertiary/aromatic N) is 1. The van der Waals surface area contributed by atoms with E-state index in [1.165, 1.54) is 11.1 Å². The molecule has 1 heterocycles. The Bertz CT molecular complexity index is 698. The highest BCUT2D eigenvalue weighted by Crippen LogP contribution is 2.31. The highest BCUT2D eigenvalue weighted by molar-refractivity contribution is 5.59. The summed E-state index contributed by atoms with van der Waals surface area (Å²) in [5.74, 6) is 0. The normalized spacial score (nSPS) is 11.3. The summed E-state index contributed by atoms with van der Waals surface area (Å²) in [7, 11) is 0. The lowest BCUT2D eigenvalue weighted by Crippen LogP contribution is -2.18. The number of rotatable bonds is 3. The van der Waals surface area contributed by atoms with Crippen LogP contribution in [-0.2, 0) is 5.41 Å². The molecule has 0 saturated carbocycles. The van der Waals surface area contributed by atoms with Crippen molar-refractivity contribution in [3.63, 3.8) is 0 Å². The van der Waals surface area contributed by atoms with Crippen molar-refractivity contribution in [3.05, 3.63) is 90.1 Å². The van der Waals surface area contributed by atoms with E-state index in [1.54, 1.807) is 0 Å². The second-order valence-corrected chi connectivity index (χ2v) is 5.79. The Morgan fingerprint density at radius 1 is 0.667 bits per heavy atom. The molecular weight excluding hydrogens is 254 g/mol. The summed E-state index contributed by atoms with van der Waals surface area (Å²) in [6.45, 7) is 4.48. The molecule has 0 atom stereocenters. The lowest BCUT2D eigenvalue weighted by Gasteiger charge is -2.25. The zero-order valence-corrected chi connectivity index (χ0v) is 12.5. The fourth-order valence-electron chi connectivity index (χ4n) is 2.56. The van der Waals surface area contributed by atoms with Crippen LogP contribution in [0.2, 0.25) is 0 Å². The van der Waals surface area contributed by atoms with E-state index in [0.717, 1.165) is 11.3 Å². The second-order valence-electron chi connectivity index (χ2n) is 5.79. The molecular formula is C20H19N. The summed E-state index contributed by atoms with van der Waals surface area (Å²) in [5, 5.41) is 0. The molecule has 0 amide bonds.